The van der Waals surface area contributed by atoms with Crippen molar-refractivity contribution in [3.05, 3.63) is 73.1 Å². The zero-order valence-electron chi connectivity index (χ0n) is 17.0. The van der Waals surface area contributed by atoms with Crippen molar-refractivity contribution in [2.45, 2.75) is 5.92 Å². The summed E-state index contributed by atoms with van der Waals surface area (Å²) in [6.45, 7) is 0. The van der Waals surface area contributed by atoms with Crippen LogP contribution in [0.25, 0.3) is 0 Å². The fourth-order valence-corrected chi connectivity index (χ4v) is 4.92. The highest BCUT2D eigenvalue weighted by atomic mass is 79.9. The second kappa shape index (κ2) is 11.1. The van der Waals surface area contributed by atoms with Crippen LogP contribution >= 0.6 is 50.9 Å². The molecular formula is C22H16BrCl2N3O4S. The number of carbonyl (C=O) groups is 3. The molecule has 1 heterocycles. The SMILES string of the molecule is COC(=O)[C@@H]1C(=O)NC(SCC(=O)Nc2cccc(Cl)c2Cl)=C(C#N)[C@@H]1c1cccc(Br)c1. The molecule has 0 radical (unpaired) electrons. The van der Waals surface area contributed by atoms with Gasteiger partial charge in [0.1, 0.15) is 5.92 Å². The fraction of sp³-hybridized carbons (Fsp3) is 0.182. The Morgan fingerprint density at radius 1 is 1.27 bits per heavy atom. The maximum Gasteiger partial charge on any atom is 0.319 e. The number of nitrogens with one attached hydrogen (secondary N) is 2. The summed E-state index contributed by atoms with van der Waals surface area (Å²) in [5.41, 5.74) is 1.08. The molecular weight excluding hydrogens is 553 g/mol. The number of allylic oxidation sites excluding steroid dienone is 1. The highest BCUT2D eigenvalue weighted by Gasteiger charge is 2.44. The number of amides is 2. The van der Waals surface area contributed by atoms with E-state index < -0.39 is 29.6 Å². The first-order valence-electron chi connectivity index (χ1n) is 9.42. The molecule has 0 fully saturated rings. The van der Waals surface area contributed by atoms with E-state index in [9.17, 15) is 19.6 Å². The van der Waals surface area contributed by atoms with Crippen molar-refractivity contribution in [1.82, 2.24) is 5.32 Å². The molecule has 0 saturated carbocycles. The number of halogens is 3. The minimum absolute atomic E-state index is 0.127. The van der Waals surface area contributed by atoms with Crippen LogP contribution in [0.5, 0.6) is 0 Å². The molecule has 0 aromatic heterocycles. The molecule has 1 aliphatic heterocycles. The molecule has 2 atom stereocenters. The molecule has 11 heteroatoms. The molecule has 0 unspecified atom stereocenters. The first kappa shape index (κ1) is 25.1. The van der Waals surface area contributed by atoms with Crippen LogP contribution in [0.1, 0.15) is 11.5 Å². The number of benzene rings is 2. The van der Waals surface area contributed by atoms with E-state index in [0.717, 1.165) is 16.2 Å². The van der Waals surface area contributed by atoms with Crippen molar-refractivity contribution in [2.24, 2.45) is 5.92 Å². The van der Waals surface area contributed by atoms with Gasteiger partial charge in [0.05, 0.1) is 45.3 Å². The normalized spacial score (nSPS) is 17.7. The topological polar surface area (TPSA) is 108 Å². The maximum absolute atomic E-state index is 12.8. The Bertz CT molecular complexity index is 1200. The number of rotatable bonds is 6. The highest BCUT2D eigenvalue weighted by Crippen LogP contribution is 2.40. The number of methoxy groups -OCH3 is 1. The van der Waals surface area contributed by atoms with Gasteiger partial charge >= 0.3 is 5.97 Å². The minimum Gasteiger partial charge on any atom is -0.468 e. The number of ether oxygens (including phenoxy) is 1. The molecule has 1 aliphatic rings. The second-order valence-corrected chi connectivity index (χ2v) is 9.50. The second-order valence-electron chi connectivity index (χ2n) is 6.82. The van der Waals surface area contributed by atoms with Crippen LogP contribution in [-0.4, -0.2) is 30.6 Å². The van der Waals surface area contributed by atoms with Gasteiger partial charge in [0.15, 0.2) is 0 Å². The van der Waals surface area contributed by atoms with Gasteiger partial charge in [-0.2, -0.15) is 5.26 Å². The summed E-state index contributed by atoms with van der Waals surface area (Å²) < 4.78 is 5.54. The zero-order chi connectivity index (χ0) is 24.1. The van der Waals surface area contributed by atoms with Crippen molar-refractivity contribution in [1.29, 1.82) is 5.26 Å². The van der Waals surface area contributed by atoms with Crippen LogP contribution in [0.4, 0.5) is 5.69 Å². The third-order valence-corrected chi connectivity index (χ3v) is 7.09. The van der Waals surface area contributed by atoms with Gasteiger partial charge in [-0.25, -0.2) is 0 Å². The van der Waals surface area contributed by atoms with Gasteiger partial charge in [-0.3, -0.25) is 14.4 Å². The first-order chi connectivity index (χ1) is 15.8. The Kier molecular flexibility index (Phi) is 8.43. The first-order valence-corrected chi connectivity index (χ1v) is 11.9. The van der Waals surface area contributed by atoms with Gasteiger partial charge in [0.2, 0.25) is 11.8 Å². The smallest absolute Gasteiger partial charge is 0.319 e. The van der Waals surface area contributed by atoms with Crippen molar-refractivity contribution in [3.63, 3.8) is 0 Å². The van der Waals surface area contributed by atoms with E-state index in [1.54, 1.807) is 42.5 Å². The Morgan fingerprint density at radius 3 is 2.67 bits per heavy atom. The summed E-state index contributed by atoms with van der Waals surface area (Å²) in [4.78, 5) is 37.7. The number of thioether (sulfide) groups is 1. The Morgan fingerprint density at radius 2 is 2.00 bits per heavy atom. The number of hydrogen-bond donors (Lipinski definition) is 2. The van der Waals surface area contributed by atoms with Gasteiger partial charge in [0, 0.05) is 10.4 Å². The molecule has 7 nitrogen and oxygen atoms in total. The van der Waals surface area contributed by atoms with E-state index in [1.807, 2.05) is 0 Å². The maximum atomic E-state index is 12.8. The van der Waals surface area contributed by atoms with Crippen LogP contribution in [0.2, 0.25) is 10.0 Å². The molecule has 0 bridgehead atoms. The van der Waals surface area contributed by atoms with Crippen LogP contribution in [0, 0.1) is 17.2 Å². The average Bonchev–Trinajstić information content (AvgIpc) is 2.79. The fourth-order valence-electron chi connectivity index (χ4n) is 3.30. The number of carbonyl (C=O) groups excluding carboxylic acids is 3. The Balaban J connectivity index is 1.90. The van der Waals surface area contributed by atoms with E-state index in [4.69, 9.17) is 27.9 Å². The van der Waals surface area contributed by atoms with E-state index in [2.05, 4.69) is 32.6 Å². The molecule has 0 spiro atoms. The minimum atomic E-state index is -1.25. The van der Waals surface area contributed by atoms with E-state index >= 15 is 0 Å². The van der Waals surface area contributed by atoms with Gasteiger partial charge in [0.25, 0.3) is 0 Å². The summed E-state index contributed by atoms with van der Waals surface area (Å²) in [5.74, 6) is -4.05. The lowest BCUT2D eigenvalue weighted by Gasteiger charge is -2.31. The van der Waals surface area contributed by atoms with E-state index in [1.165, 1.54) is 7.11 Å². The molecule has 170 valence electrons. The van der Waals surface area contributed by atoms with E-state index in [-0.39, 0.29) is 21.4 Å². The standard InChI is InChI=1S/C22H16BrCl2N3O4S/c1-32-22(31)18-17(11-4-2-5-12(23)8-11)13(9-26)21(28-20(18)30)33-10-16(29)27-15-7-3-6-14(24)19(15)25/h2-8,17-18H,10H2,1H3,(H,27,29)(H,28,30)/t17-,18-/m0/s1. The summed E-state index contributed by atoms with van der Waals surface area (Å²) in [6.07, 6.45) is 0. The molecule has 3 rings (SSSR count). The number of hydrogen-bond acceptors (Lipinski definition) is 6. The summed E-state index contributed by atoms with van der Waals surface area (Å²) in [6, 6.07) is 13.9. The number of esters is 1. The van der Waals surface area contributed by atoms with Crippen LogP contribution in [-0.2, 0) is 19.1 Å². The van der Waals surface area contributed by atoms with Crippen molar-refractivity contribution < 1.29 is 19.1 Å². The van der Waals surface area contributed by atoms with Gasteiger partial charge in [-0.15, -0.1) is 0 Å². The third-order valence-electron chi connectivity index (χ3n) is 4.76. The summed E-state index contributed by atoms with van der Waals surface area (Å²) in [5, 5.41) is 15.8. The zero-order valence-corrected chi connectivity index (χ0v) is 20.9. The quantitative estimate of drug-likeness (QED) is 0.380. The number of nitrogens with zero attached hydrogens (tertiary/aromatic N) is 1. The Labute approximate surface area is 212 Å². The van der Waals surface area contributed by atoms with Crippen molar-refractivity contribution >= 4 is 74.4 Å². The number of nitriles is 1. The lowest BCUT2D eigenvalue weighted by Crippen LogP contribution is -2.44. The third kappa shape index (κ3) is 5.71. The van der Waals surface area contributed by atoms with Crippen LogP contribution in [0.15, 0.2) is 57.5 Å². The van der Waals surface area contributed by atoms with E-state index in [0.29, 0.717) is 16.3 Å². The summed E-state index contributed by atoms with van der Waals surface area (Å²) in [7, 11) is 1.18. The Hall–Kier alpha value is -2.51. The molecule has 2 aromatic rings. The summed E-state index contributed by atoms with van der Waals surface area (Å²) >= 11 is 16.4. The van der Waals surface area contributed by atoms with Crippen molar-refractivity contribution in [2.75, 3.05) is 18.2 Å². The predicted octanol–water partition coefficient (Wildman–Crippen LogP) is 4.87. The molecule has 0 saturated heterocycles. The van der Waals surface area contributed by atoms with Crippen molar-refractivity contribution in [3.8, 4) is 6.07 Å². The number of anilines is 1. The van der Waals surface area contributed by atoms with Gasteiger partial charge < -0.3 is 15.4 Å². The lowest BCUT2D eigenvalue weighted by molar-refractivity contribution is -0.150. The molecule has 2 amide bonds. The van der Waals surface area contributed by atoms with Crippen LogP contribution in [0.3, 0.4) is 0 Å². The monoisotopic (exact) mass is 567 g/mol. The van der Waals surface area contributed by atoms with Gasteiger partial charge in [-0.1, -0.05) is 69.1 Å². The largest absolute Gasteiger partial charge is 0.468 e. The molecule has 2 N–H and O–H groups in total. The molecule has 0 aliphatic carbocycles. The molecule has 2 aromatic carbocycles. The average molecular weight is 569 g/mol. The van der Waals surface area contributed by atoms with Gasteiger partial charge in [-0.05, 0) is 29.8 Å². The lowest BCUT2D eigenvalue weighted by atomic mass is 9.78. The predicted molar refractivity (Wildman–Crippen MR) is 131 cm³/mol. The molecule has 33 heavy (non-hydrogen) atoms. The van der Waals surface area contributed by atoms with Crippen LogP contribution < -0.4 is 10.6 Å². The highest BCUT2D eigenvalue weighted by molar-refractivity contribution is 9.10.